The van der Waals surface area contributed by atoms with Gasteiger partial charge in [0.25, 0.3) is 0 Å². The third kappa shape index (κ3) is 3.63. The molecule has 108 valence electrons. The first kappa shape index (κ1) is 15.6. The highest BCUT2D eigenvalue weighted by atomic mass is 35.5. The first-order valence-electron chi connectivity index (χ1n) is 6.81. The Balaban J connectivity index is 2.45. The summed E-state index contributed by atoms with van der Waals surface area (Å²) in [7, 11) is 4.18. The molecule has 1 heterocycles. The molecule has 0 saturated heterocycles. The minimum Gasteiger partial charge on any atom is -0.305 e. The van der Waals surface area contributed by atoms with E-state index in [-0.39, 0.29) is 5.41 Å². The molecule has 0 aliphatic heterocycles. The zero-order chi connectivity index (χ0) is 14.9. The molecule has 1 nitrogen and oxygen atoms in total. The van der Waals surface area contributed by atoms with Gasteiger partial charge in [-0.2, -0.15) is 0 Å². The van der Waals surface area contributed by atoms with Crippen molar-refractivity contribution in [2.45, 2.75) is 32.7 Å². The summed E-state index contributed by atoms with van der Waals surface area (Å²) in [5.74, 6) is 0. The van der Waals surface area contributed by atoms with E-state index in [1.807, 2.05) is 17.4 Å². The molecule has 2 aromatic rings. The van der Waals surface area contributed by atoms with Crippen LogP contribution in [0.25, 0.3) is 10.4 Å². The molecule has 0 spiro atoms. The maximum atomic E-state index is 6.19. The van der Waals surface area contributed by atoms with E-state index in [9.17, 15) is 0 Å². The van der Waals surface area contributed by atoms with Crippen molar-refractivity contribution < 1.29 is 0 Å². The van der Waals surface area contributed by atoms with Gasteiger partial charge in [0, 0.05) is 21.3 Å². The molecule has 2 rings (SSSR count). The highest BCUT2D eigenvalue weighted by Gasteiger charge is 2.17. The molecule has 0 bridgehead atoms. The van der Waals surface area contributed by atoms with E-state index in [0.717, 1.165) is 11.6 Å². The summed E-state index contributed by atoms with van der Waals surface area (Å²) in [6, 6.07) is 10.6. The van der Waals surface area contributed by atoms with Gasteiger partial charge in [-0.3, -0.25) is 0 Å². The topological polar surface area (TPSA) is 3.24 Å². The van der Waals surface area contributed by atoms with Crippen LogP contribution in [0.15, 0.2) is 30.3 Å². The van der Waals surface area contributed by atoms with Crippen LogP contribution in [0.5, 0.6) is 0 Å². The van der Waals surface area contributed by atoms with Crippen molar-refractivity contribution >= 4 is 22.9 Å². The summed E-state index contributed by atoms with van der Waals surface area (Å²) in [4.78, 5) is 4.89. The molecule has 0 N–H and O–H groups in total. The highest BCUT2D eigenvalue weighted by Crippen LogP contribution is 2.37. The maximum absolute atomic E-state index is 6.19. The Morgan fingerprint density at radius 3 is 2.35 bits per heavy atom. The minimum absolute atomic E-state index is 0.198. The Hall–Kier alpha value is -0.830. The molecular weight excluding hydrogens is 286 g/mol. The second-order valence-corrected chi connectivity index (χ2v) is 7.97. The highest BCUT2D eigenvalue weighted by molar-refractivity contribution is 7.15. The average molecular weight is 308 g/mol. The molecule has 0 radical (unpaired) electrons. The quantitative estimate of drug-likeness (QED) is 0.731. The van der Waals surface area contributed by atoms with Crippen LogP contribution in [0.1, 0.15) is 31.2 Å². The Labute approximate surface area is 131 Å². The fourth-order valence-electron chi connectivity index (χ4n) is 2.14. The van der Waals surface area contributed by atoms with Gasteiger partial charge in [0.15, 0.2) is 0 Å². The molecule has 1 aromatic heterocycles. The van der Waals surface area contributed by atoms with Crippen LogP contribution >= 0.6 is 22.9 Å². The van der Waals surface area contributed by atoms with Crippen LogP contribution in [0.3, 0.4) is 0 Å². The van der Waals surface area contributed by atoms with Gasteiger partial charge in [0.2, 0.25) is 0 Å². The first-order valence-corrected chi connectivity index (χ1v) is 8.00. The molecule has 3 heteroatoms. The van der Waals surface area contributed by atoms with Crippen LogP contribution in [0, 0.1) is 0 Å². The van der Waals surface area contributed by atoms with Crippen molar-refractivity contribution in [3.63, 3.8) is 0 Å². The lowest BCUT2D eigenvalue weighted by atomic mass is 9.95. The standard InChI is InChI=1S/C17H22ClNS/c1-17(2,3)16-9-8-15(20-16)14-10-13(18)7-6-12(14)11-19(4)5/h6-10H,11H2,1-5H3. The number of hydrogen-bond acceptors (Lipinski definition) is 2. The van der Waals surface area contributed by atoms with Gasteiger partial charge >= 0.3 is 0 Å². The van der Waals surface area contributed by atoms with Crippen molar-refractivity contribution in [3.8, 4) is 10.4 Å². The normalized spacial score (nSPS) is 12.2. The van der Waals surface area contributed by atoms with E-state index in [1.54, 1.807) is 0 Å². The van der Waals surface area contributed by atoms with Crippen molar-refractivity contribution in [2.24, 2.45) is 0 Å². The van der Waals surface area contributed by atoms with Crippen molar-refractivity contribution in [1.29, 1.82) is 0 Å². The number of nitrogens with zero attached hydrogens (tertiary/aromatic N) is 1. The second kappa shape index (κ2) is 5.88. The molecule has 0 aliphatic carbocycles. The average Bonchev–Trinajstić information content (AvgIpc) is 2.80. The van der Waals surface area contributed by atoms with Gasteiger partial charge in [0.05, 0.1) is 0 Å². The van der Waals surface area contributed by atoms with E-state index in [0.29, 0.717) is 0 Å². The number of halogens is 1. The molecular formula is C17H22ClNS. The number of rotatable bonds is 3. The number of hydrogen-bond donors (Lipinski definition) is 0. The molecule has 0 fully saturated rings. The van der Waals surface area contributed by atoms with Crippen LogP contribution in [0.4, 0.5) is 0 Å². The molecule has 0 atom stereocenters. The lowest BCUT2D eigenvalue weighted by Crippen LogP contribution is -2.11. The van der Waals surface area contributed by atoms with Crippen molar-refractivity contribution in [3.05, 3.63) is 45.8 Å². The van der Waals surface area contributed by atoms with Crippen LogP contribution < -0.4 is 0 Å². The van der Waals surface area contributed by atoms with Gasteiger partial charge < -0.3 is 4.90 Å². The summed E-state index contributed by atoms with van der Waals surface area (Å²) in [6.45, 7) is 7.68. The minimum atomic E-state index is 0.198. The Morgan fingerprint density at radius 2 is 1.80 bits per heavy atom. The third-order valence-electron chi connectivity index (χ3n) is 3.17. The van der Waals surface area contributed by atoms with E-state index in [4.69, 9.17) is 11.6 Å². The third-order valence-corrected chi connectivity index (χ3v) is 4.95. The van der Waals surface area contributed by atoms with E-state index < -0.39 is 0 Å². The van der Waals surface area contributed by atoms with Gasteiger partial charge in [-0.15, -0.1) is 11.3 Å². The summed E-state index contributed by atoms with van der Waals surface area (Å²) >= 11 is 8.06. The SMILES string of the molecule is CN(C)Cc1ccc(Cl)cc1-c1ccc(C(C)(C)C)s1. The predicted octanol–water partition coefficient (Wildman–Crippen LogP) is 5.43. The number of benzene rings is 1. The summed E-state index contributed by atoms with van der Waals surface area (Å²) in [5.41, 5.74) is 2.77. The zero-order valence-corrected chi connectivity index (χ0v) is 14.4. The van der Waals surface area contributed by atoms with E-state index in [2.05, 4.69) is 64.0 Å². The van der Waals surface area contributed by atoms with E-state index in [1.165, 1.54) is 20.9 Å². The smallest absolute Gasteiger partial charge is 0.0412 e. The van der Waals surface area contributed by atoms with Gasteiger partial charge in [0.1, 0.15) is 0 Å². The predicted molar refractivity (Wildman–Crippen MR) is 90.9 cm³/mol. The Bertz CT molecular complexity index is 593. The Morgan fingerprint density at radius 1 is 1.10 bits per heavy atom. The van der Waals surface area contributed by atoms with Crippen LogP contribution in [-0.4, -0.2) is 19.0 Å². The Kier molecular flexibility index (Phi) is 4.58. The molecule has 0 saturated carbocycles. The lowest BCUT2D eigenvalue weighted by Gasteiger charge is -2.16. The molecule has 1 aromatic carbocycles. The van der Waals surface area contributed by atoms with Crippen LogP contribution in [0.2, 0.25) is 5.02 Å². The molecule has 0 aliphatic rings. The second-order valence-electron chi connectivity index (χ2n) is 6.45. The fraction of sp³-hybridized carbons (Fsp3) is 0.412. The van der Waals surface area contributed by atoms with Gasteiger partial charge in [-0.25, -0.2) is 0 Å². The van der Waals surface area contributed by atoms with Crippen molar-refractivity contribution in [2.75, 3.05) is 14.1 Å². The largest absolute Gasteiger partial charge is 0.305 e. The zero-order valence-electron chi connectivity index (χ0n) is 12.8. The summed E-state index contributed by atoms with van der Waals surface area (Å²) in [6.07, 6.45) is 0. The fourth-order valence-corrected chi connectivity index (χ4v) is 3.43. The monoisotopic (exact) mass is 307 g/mol. The number of thiophene rings is 1. The van der Waals surface area contributed by atoms with Gasteiger partial charge in [-0.1, -0.05) is 38.4 Å². The van der Waals surface area contributed by atoms with Crippen molar-refractivity contribution in [1.82, 2.24) is 4.90 Å². The van der Waals surface area contributed by atoms with Crippen LogP contribution in [-0.2, 0) is 12.0 Å². The lowest BCUT2D eigenvalue weighted by molar-refractivity contribution is 0.403. The summed E-state index contributed by atoms with van der Waals surface area (Å²) < 4.78 is 0. The first-order chi connectivity index (χ1) is 9.27. The van der Waals surface area contributed by atoms with E-state index >= 15 is 0 Å². The maximum Gasteiger partial charge on any atom is 0.0412 e. The molecule has 20 heavy (non-hydrogen) atoms. The summed E-state index contributed by atoms with van der Waals surface area (Å²) in [5, 5.41) is 0.799. The molecule has 0 amide bonds. The molecule has 0 unspecified atom stereocenters. The van der Waals surface area contributed by atoms with Gasteiger partial charge in [-0.05, 0) is 54.9 Å².